The molecule has 2 aromatic carbocycles. The Balaban J connectivity index is 0.000000309. The highest BCUT2D eigenvalue weighted by atomic mass is 79.9. The number of aryl methyl sites for hydroxylation is 2. The maximum atomic E-state index is 14.9. The molecular weight excluding hydrogens is 1230 g/mol. The molecule has 87 heavy (non-hydrogen) atoms. The molecule has 4 aromatic rings. The van der Waals surface area contributed by atoms with Gasteiger partial charge in [-0.25, -0.2) is 17.6 Å². The summed E-state index contributed by atoms with van der Waals surface area (Å²) in [6.07, 6.45) is -11.4. The van der Waals surface area contributed by atoms with E-state index in [1.54, 1.807) is 23.2 Å². The zero-order valence-electron chi connectivity index (χ0n) is 51.0. The van der Waals surface area contributed by atoms with Crippen LogP contribution >= 0.6 is 15.9 Å². The zero-order valence-corrected chi connectivity index (χ0v) is 52.5. The van der Waals surface area contributed by atoms with Crippen molar-refractivity contribution in [1.29, 1.82) is 0 Å². The number of H-pyrrole nitrogens is 1. The molecule has 0 unspecified atom stereocenters. The number of hydrogen-bond donors (Lipinski definition) is 1. The number of carbonyl (C=O) groups excluding carboxylic acids is 8. The van der Waals surface area contributed by atoms with Crippen LogP contribution in [0.2, 0.25) is 0 Å². The van der Waals surface area contributed by atoms with Gasteiger partial charge in [0.15, 0.2) is 58.8 Å². The molecule has 0 aliphatic carbocycles. The summed E-state index contributed by atoms with van der Waals surface area (Å²) < 4.78 is 120. The van der Waals surface area contributed by atoms with Crippen LogP contribution in [0, 0.1) is 51.0 Å². The van der Waals surface area contributed by atoms with Crippen LogP contribution < -0.4 is 10.3 Å². The lowest BCUT2D eigenvalue weighted by molar-refractivity contribution is -0.289. The molecule has 4 heterocycles. The third kappa shape index (κ3) is 19.7. The maximum Gasteiger partial charge on any atom is 0.303 e. The Morgan fingerprint density at radius 3 is 1.32 bits per heavy atom. The summed E-state index contributed by atoms with van der Waals surface area (Å²) >= 11 is 3.18. The number of aromatic nitrogens is 4. The topological polar surface area (TPSA) is 294 Å². The predicted molar refractivity (Wildman–Crippen MR) is 299 cm³/mol. The summed E-state index contributed by atoms with van der Waals surface area (Å²) in [5.41, 5.74) is 2.58. The van der Waals surface area contributed by atoms with Gasteiger partial charge in [-0.3, -0.25) is 57.6 Å². The molecule has 2 aliphatic rings. The Bertz CT molecular complexity index is 3220. The standard InChI is InChI=1S/C29H36F2N2O10.C15H18F2N2O.C14H19BrO9/c1-13(2)33-15(4)21(11-20-10-9-14(3)23(30)24(20)31)28(32-33)43-29-27(41-19(8)37)26(40-18(7)36)25(39-17(6)35)22(42-29)12-38-16(5)34;1-8(2)19-10(4)12(15(20)18-19)7-11-6-5-9(3)13(16)14(11)17;1-6(16)20-5-10-11(21-7(2)17)12(22-8(3)18)13(14(15)24-10)23-9(4)19/h9-10,13,22,25-27,29H,11-12H2,1-8H3;5-6,8H,7H2,1-4H3,(H,18,20);10-14H,5H2,1-4H3/t22-,25-,26+,27-,29+;;10-,11-,12+,13-,14+/m1.1/s1. The van der Waals surface area contributed by atoms with Crippen LogP contribution in [0.4, 0.5) is 17.6 Å². The van der Waals surface area contributed by atoms with E-state index in [0.717, 1.165) is 47.2 Å². The minimum Gasteiger partial charge on any atom is -0.463 e. The number of alkyl halides is 1. The lowest BCUT2D eigenvalue weighted by Crippen LogP contribution is -2.63. The normalized spacial score (nSPS) is 21.4. The minimum absolute atomic E-state index is 0.0425. The van der Waals surface area contributed by atoms with E-state index < -0.39 is 138 Å². The van der Waals surface area contributed by atoms with Crippen LogP contribution in [0.5, 0.6) is 5.88 Å². The minimum atomic E-state index is -1.55. The Hall–Kier alpha value is -7.66. The summed E-state index contributed by atoms with van der Waals surface area (Å²) in [5, 5.41) is 6.37. The molecule has 0 spiro atoms. The number of hydrogen-bond acceptors (Lipinski definition) is 21. The quantitative estimate of drug-likeness (QED) is 0.0449. The van der Waals surface area contributed by atoms with Crippen molar-refractivity contribution in [2.75, 3.05) is 13.2 Å². The lowest BCUT2D eigenvalue weighted by Gasteiger charge is -2.43. The van der Waals surface area contributed by atoms with Crippen LogP contribution in [0.3, 0.4) is 0 Å². The highest BCUT2D eigenvalue weighted by molar-refractivity contribution is 9.09. The van der Waals surface area contributed by atoms with Crippen molar-refractivity contribution in [2.24, 2.45) is 0 Å². The van der Waals surface area contributed by atoms with Crippen LogP contribution in [0.15, 0.2) is 29.1 Å². The van der Waals surface area contributed by atoms with E-state index in [2.05, 4.69) is 26.1 Å². The van der Waals surface area contributed by atoms with E-state index in [1.165, 1.54) is 52.0 Å². The first-order valence-corrected chi connectivity index (χ1v) is 28.1. The van der Waals surface area contributed by atoms with E-state index in [1.807, 2.05) is 27.7 Å². The smallest absolute Gasteiger partial charge is 0.303 e. The van der Waals surface area contributed by atoms with E-state index >= 15 is 0 Å². The van der Waals surface area contributed by atoms with Crippen LogP contribution in [-0.2, 0) is 98.6 Å². The van der Waals surface area contributed by atoms with Crippen molar-refractivity contribution in [3.05, 3.63) is 103 Å². The van der Waals surface area contributed by atoms with Gasteiger partial charge in [-0.05, 0) is 77.6 Å². The third-order valence-electron chi connectivity index (χ3n) is 13.1. The number of nitrogens with zero attached hydrogens (tertiary/aromatic N) is 3. The molecule has 0 amide bonds. The largest absolute Gasteiger partial charge is 0.463 e. The van der Waals surface area contributed by atoms with Gasteiger partial charge in [0, 0.05) is 103 Å². The fraction of sp³-hybridized carbons (Fsp3) is 0.552. The predicted octanol–water partition coefficient (Wildman–Crippen LogP) is 7.12. The number of ether oxygens (including phenoxy) is 11. The molecule has 2 aromatic heterocycles. The van der Waals surface area contributed by atoms with Gasteiger partial charge in [-0.1, -0.05) is 40.2 Å². The highest BCUT2D eigenvalue weighted by Gasteiger charge is 2.54. The summed E-state index contributed by atoms with van der Waals surface area (Å²) in [4.78, 5) is 105. The van der Waals surface area contributed by atoms with E-state index in [0.29, 0.717) is 16.8 Å². The van der Waals surface area contributed by atoms with Crippen molar-refractivity contribution >= 4 is 63.7 Å². The molecule has 24 nitrogen and oxygen atoms in total. The summed E-state index contributed by atoms with van der Waals surface area (Å²) in [6.45, 7) is 22.6. The first-order chi connectivity index (χ1) is 40.5. The molecule has 29 heteroatoms. The van der Waals surface area contributed by atoms with Crippen molar-refractivity contribution in [3.8, 4) is 5.88 Å². The summed E-state index contributed by atoms with van der Waals surface area (Å²) in [5.74, 6) is -9.36. The molecule has 10 atom stereocenters. The maximum absolute atomic E-state index is 14.9. The molecule has 1 N–H and O–H groups in total. The molecule has 480 valence electrons. The van der Waals surface area contributed by atoms with Gasteiger partial charge in [0.1, 0.15) is 25.4 Å². The fourth-order valence-electron chi connectivity index (χ4n) is 9.22. The van der Waals surface area contributed by atoms with Crippen molar-refractivity contribution in [3.63, 3.8) is 0 Å². The molecule has 0 saturated carbocycles. The van der Waals surface area contributed by atoms with Crippen molar-refractivity contribution in [1.82, 2.24) is 19.6 Å². The number of halogens is 5. The zero-order chi connectivity index (χ0) is 65.6. The molecular formula is C58H73BrF4N4O20. The molecule has 2 fully saturated rings. The van der Waals surface area contributed by atoms with Crippen molar-refractivity contribution in [2.45, 2.75) is 196 Å². The van der Waals surface area contributed by atoms with Gasteiger partial charge in [0.25, 0.3) is 5.56 Å². The van der Waals surface area contributed by atoms with Crippen molar-refractivity contribution < 1.29 is 108 Å². The molecule has 0 radical (unpaired) electrons. The second-order valence-corrected chi connectivity index (χ2v) is 21.7. The Labute approximate surface area is 507 Å². The second kappa shape index (κ2) is 31.8. The summed E-state index contributed by atoms with van der Waals surface area (Å²) in [7, 11) is 0. The van der Waals surface area contributed by atoms with Gasteiger partial charge in [0.05, 0.1) is 0 Å². The molecule has 2 aliphatic heterocycles. The highest BCUT2D eigenvalue weighted by Crippen LogP contribution is 2.36. The SMILES string of the molecule is CC(=O)OC[C@H]1O[C@@H](Oc2nn(C(C)C)c(C)c2Cc2ccc(C)c(F)c2F)[C@H](OC(C)=O)[C@@H](OC(C)=O)[C@@H]1OC(C)=O.CC(=O)OC[C@H]1O[C@H](Br)[C@H](OC(C)=O)[C@@H](OC(C)=O)[C@@H]1OC(C)=O.Cc1ccc(Cc2c(C)n(C(C)C)[nH]c2=O)c(F)c1F. The van der Waals surface area contributed by atoms with Gasteiger partial charge in [0.2, 0.25) is 18.3 Å². The fourth-order valence-corrected chi connectivity index (χ4v) is 9.90. The average Bonchev–Trinajstić information content (AvgIpc) is 1.87. The Morgan fingerprint density at radius 2 is 0.920 bits per heavy atom. The first kappa shape index (κ1) is 71.8. The van der Waals surface area contributed by atoms with Crippen LogP contribution in [0.1, 0.15) is 140 Å². The van der Waals surface area contributed by atoms with E-state index in [4.69, 9.17) is 52.1 Å². The number of esters is 8. The number of benzene rings is 2. The van der Waals surface area contributed by atoms with Gasteiger partial charge < -0.3 is 52.1 Å². The van der Waals surface area contributed by atoms with Gasteiger partial charge >= 0.3 is 47.8 Å². The monoisotopic (exact) mass is 1300 g/mol. The van der Waals surface area contributed by atoms with E-state index in [9.17, 15) is 60.7 Å². The van der Waals surface area contributed by atoms with Crippen LogP contribution in [-0.4, -0.2) is 141 Å². The average molecular weight is 1300 g/mol. The van der Waals surface area contributed by atoms with Gasteiger partial charge in [-0.2, -0.15) is 0 Å². The molecule has 6 rings (SSSR count). The van der Waals surface area contributed by atoms with Gasteiger partial charge in [-0.15, -0.1) is 5.10 Å². The third-order valence-corrected chi connectivity index (χ3v) is 13.8. The second-order valence-electron chi connectivity index (χ2n) is 20.8. The Kier molecular flexibility index (Phi) is 26.3. The van der Waals surface area contributed by atoms with Crippen LogP contribution in [0.25, 0.3) is 0 Å². The number of rotatable bonds is 18. The lowest BCUT2D eigenvalue weighted by atomic mass is 9.98. The molecule has 0 bridgehead atoms. The first-order valence-electron chi connectivity index (χ1n) is 27.2. The number of aromatic amines is 1. The number of carbonyl (C=O) groups is 8. The Morgan fingerprint density at radius 1 is 0.529 bits per heavy atom. The molecule has 2 saturated heterocycles. The van der Waals surface area contributed by atoms with E-state index in [-0.39, 0.29) is 65.2 Å². The number of nitrogens with one attached hydrogen (secondary N) is 1. The summed E-state index contributed by atoms with van der Waals surface area (Å²) in [6, 6.07) is 5.89.